The Morgan fingerprint density at radius 2 is 1.83 bits per heavy atom. The number of hydrogen-bond donors (Lipinski definition) is 2. The van der Waals surface area contributed by atoms with Crippen LogP contribution in [-0.4, -0.2) is 42.4 Å². The van der Waals surface area contributed by atoms with Gasteiger partial charge in [0.05, 0.1) is 6.04 Å². The van der Waals surface area contributed by atoms with Crippen LogP contribution in [0, 0.1) is 5.92 Å². The van der Waals surface area contributed by atoms with Crippen molar-refractivity contribution < 1.29 is 9.59 Å². The molecule has 0 radical (unpaired) electrons. The molecule has 0 fully saturated rings. The topological polar surface area (TPSA) is 75.4 Å². The van der Waals surface area contributed by atoms with E-state index in [1.165, 1.54) is 0 Å². The normalized spacial score (nSPS) is 13.5. The zero-order valence-electron chi connectivity index (χ0n) is 14.6. The van der Waals surface area contributed by atoms with Crippen molar-refractivity contribution in [3.63, 3.8) is 0 Å². The van der Waals surface area contributed by atoms with E-state index in [0.29, 0.717) is 25.3 Å². The van der Waals surface area contributed by atoms with Crippen LogP contribution in [0.1, 0.15) is 32.8 Å². The Balaban J connectivity index is 2.87. The van der Waals surface area contributed by atoms with E-state index in [9.17, 15) is 9.59 Å². The molecule has 3 N–H and O–H groups in total. The highest BCUT2D eigenvalue weighted by Gasteiger charge is 2.31. The molecule has 0 saturated carbocycles. The van der Waals surface area contributed by atoms with Gasteiger partial charge in [0, 0.05) is 13.6 Å². The monoisotopic (exact) mass is 319 g/mol. The summed E-state index contributed by atoms with van der Waals surface area (Å²) in [6.45, 7) is 6.42. The van der Waals surface area contributed by atoms with Gasteiger partial charge in [-0.1, -0.05) is 44.2 Å². The van der Waals surface area contributed by atoms with Crippen LogP contribution in [0.15, 0.2) is 30.3 Å². The van der Waals surface area contributed by atoms with Crippen molar-refractivity contribution >= 4 is 11.8 Å². The van der Waals surface area contributed by atoms with Crippen molar-refractivity contribution in [1.82, 2.24) is 10.2 Å². The molecule has 128 valence electrons. The molecule has 0 saturated heterocycles. The fourth-order valence-corrected chi connectivity index (χ4v) is 2.69. The highest BCUT2D eigenvalue weighted by molar-refractivity contribution is 5.89. The van der Waals surface area contributed by atoms with Crippen molar-refractivity contribution in [3.05, 3.63) is 35.9 Å². The Morgan fingerprint density at radius 1 is 1.22 bits per heavy atom. The number of nitrogens with zero attached hydrogens (tertiary/aromatic N) is 1. The van der Waals surface area contributed by atoms with Gasteiger partial charge in [-0.2, -0.15) is 0 Å². The van der Waals surface area contributed by atoms with E-state index >= 15 is 0 Å². The van der Waals surface area contributed by atoms with Gasteiger partial charge in [0.25, 0.3) is 0 Å². The third kappa shape index (κ3) is 5.67. The van der Waals surface area contributed by atoms with Crippen LogP contribution in [0.5, 0.6) is 0 Å². The summed E-state index contributed by atoms with van der Waals surface area (Å²) < 4.78 is 0. The fraction of sp³-hybridized carbons (Fsp3) is 0.556. The van der Waals surface area contributed by atoms with E-state index in [1.54, 1.807) is 11.9 Å². The van der Waals surface area contributed by atoms with E-state index in [0.717, 1.165) is 5.56 Å². The molecular formula is C18H29N3O2. The van der Waals surface area contributed by atoms with Gasteiger partial charge < -0.3 is 16.0 Å². The number of hydrogen-bond acceptors (Lipinski definition) is 3. The Bertz CT molecular complexity index is 502. The quantitative estimate of drug-likeness (QED) is 0.763. The minimum absolute atomic E-state index is 0.138. The van der Waals surface area contributed by atoms with Crippen LogP contribution in [0.3, 0.4) is 0 Å². The maximum Gasteiger partial charge on any atom is 0.242 e. The van der Waals surface area contributed by atoms with Crippen molar-refractivity contribution in [1.29, 1.82) is 0 Å². The van der Waals surface area contributed by atoms with Gasteiger partial charge in [-0.3, -0.25) is 9.59 Å². The molecule has 0 spiro atoms. The van der Waals surface area contributed by atoms with Gasteiger partial charge in [0.2, 0.25) is 11.8 Å². The minimum Gasteiger partial charge on any atom is -0.357 e. The molecule has 2 amide bonds. The molecule has 5 heteroatoms. The van der Waals surface area contributed by atoms with Gasteiger partial charge in [-0.15, -0.1) is 0 Å². The lowest BCUT2D eigenvalue weighted by atomic mass is 9.99. The molecule has 23 heavy (non-hydrogen) atoms. The zero-order chi connectivity index (χ0) is 17.4. The molecule has 0 aliphatic heterocycles. The molecular weight excluding hydrogens is 290 g/mol. The number of carbonyl (C=O) groups is 2. The summed E-state index contributed by atoms with van der Waals surface area (Å²) in [6.07, 6.45) is 1.09. The van der Waals surface area contributed by atoms with Gasteiger partial charge in [0.1, 0.15) is 6.04 Å². The third-order valence-corrected chi connectivity index (χ3v) is 3.86. The van der Waals surface area contributed by atoms with Gasteiger partial charge in [0.15, 0.2) is 0 Å². The summed E-state index contributed by atoms with van der Waals surface area (Å²) in [6, 6.07) is 8.57. The van der Waals surface area contributed by atoms with E-state index in [4.69, 9.17) is 5.73 Å². The van der Waals surface area contributed by atoms with Crippen molar-refractivity contribution in [3.8, 4) is 0 Å². The highest BCUT2D eigenvalue weighted by Crippen LogP contribution is 2.14. The first-order chi connectivity index (χ1) is 10.9. The first kappa shape index (κ1) is 19.2. The Hall–Kier alpha value is -1.88. The Kier molecular flexibility index (Phi) is 7.75. The minimum atomic E-state index is -0.642. The average Bonchev–Trinajstić information content (AvgIpc) is 2.54. The fourth-order valence-electron chi connectivity index (χ4n) is 2.69. The molecule has 0 bridgehead atoms. The number of nitrogens with two attached hydrogens (primary N) is 1. The lowest BCUT2D eigenvalue weighted by molar-refractivity contribution is -0.141. The van der Waals surface area contributed by atoms with Crippen LogP contribution >= 0.6 is 0 Å². The number of amides is 2. The van der Waals surface area contributed by atoms with Gasteiger partial charge in [-0.25, -0.2) is 0 Å². The van der Waals surface area contributed by atoms with Crippen LogP contribution in [-0.2, 0) is 16.0 Å². The highest BCUT2D eigenvalue weighted by atomic mass is 16.2. The van der Waals surface area contributed by atoms with Gasteiger partial charge >= 0.3 is 0 Å². The van der Waals surface area contributed by atoms with Gasteiger partial charge in [-0.05, 0) is 31.2 Å². The zero-order valence-corrected chi connectivity index (χ0v) is 14.6. The lowest BCUT2D eigenvalue weighted by Crippen LogP contribution is -2.54. The predicted octanol–water partition coefficient (Wildman–Crippen LogP) is 1.57. The van der Waals surface area contributed by atoms with E-state index < -0.39 is 12.1 Å². The van der Waals surface area contributed by atoms with Crippen LogP contribution in [0.4, 0.5) is 0 Å². The summed E-state index contributed by atoms with van der Waals surface area (Å²) in [5, 5.41) is 2.66. The van der Waals surface area contributed by atoms with Crippen molar-refractivity contribution in [2.75, 3.05) is 13.6 Å². The summed E-state index contributed by atoms with van der Waals surface area (Å²) in [5.41, 5.74) is 7.13. The maximum absolute atomic E-state index is 12.7. The van der Waals surface area contributed by atoms with Crippen LogP contribution in [0.25, 0.3) is 0 Å². The second-order valence-corrected chi connectivity index (χ2v) is 6.18. The molecule has 1 rings (SSSR count). The molecule has 0 heterocycles. The summed E-state index contributed by atoms with van der Waals surface area (Å²) >= 11 is 0. The van der Waals surface area contributed by atoms with E-state index in [1.807, 2.05) is 51.1 Å². The molecule has 0 unspecified atom stereocenters. The van der Waals surface area contributed by atoms with Crippen LogP contribution < -0.4 is 11.1 Å². The molecule has 0 aliphatic rings. The molecule has 5 nitrogen and oxygen atoms in total. The van der Waals surface area contributed by atoms with Crippen molar-refractivity contribution in [2.45, 2.75) is 45.7 Å². The van der Waals surface area contributed by atoms with Crippen LogP contribution in [0.2, 0.25) is 0 Å². The molecule has 1 aromatic carbocycles. The number of carbonyl (C=O) groups excluding carboxylic acids is 2. The first-order valence-electron chi connectivity index (χ1n) is 8.22. The number of rotatable bonds is 8. The summed E-state index contributed by atoms with van der Waals surface area (Å²) in [7, 11) is 1.60. The molecule has 1 aromatic rings. The average molecular weight is 319 g/mol. The lowest BCUT2D eigenvalue weighted by Gasteiger charge is -2.32. The second-order valence-electron chi connectivity index (χ2n) is 6.18. The van der Waals surface area contributed by atoms with Crippen molar-refractivity contribution in [2.24, 2.45) is 11.7 Å². The molecule has 0 aliphatic carbocycles. The molecule has 0 aromatic heterocycles. The van der Waals surface area contributed by atoms with E-state index in [-0.39, 0.29) is 11.8 Å². The number of likely N-dealkylation sites (N-methyl/N-ethyl adjacent to an activating group) is 2. The summed E-state index contributed by atoms with van der Waals surface area (Å²) in [4.78, 5) is 26.5. The smallest absolute Gasteiger partial charge is 0.242 e. The summed E-state index contributed by atoms with van der Waals surface area (Å²) in [5.74, 6) is -0.00379. The third-order valence-electron chi connectivity index (χ3n) is 3.86. The SMILES string of the molecule is CCN(C(=O)[C@@H](N)Cc1ccccc1)[C@@H](CC(C)C)C(=O)NC. The first-order valence-corrected chi connectivity index (χ1v) is 8.22. The second kappa shape index (κ2) is 9.30. The number of benzene rings is 1. The predicted molar refractivity (Wildman–Crippen MR) is 92.8 cm³/mol. The van der Waals surface area contributed by atoms with E-state index in [2.05, 4.69) is 5.32 Å². The standard InChI is InChI=1S/C18H29N3O2/c1-5-21(16(11-13(2)3)17(22)20-4)18(23)15(19)12-14-9-7-6-8-10-14/h6-10,13,15-16H,5,11-12,19H2,1-4H3,(H,20,22)/t15-,16-/m0/s1. The maximum atomic E-state index is 12.7. The largest absolute Gasteiger partial charge is 0.357 e. The number of nitrogens with one attached hydrogen (secondary N) is 1. The Morgan fingerprint density at radius 3 is 2.30 bits per heavy atom. The molecule has 2 atom stereocenters. The Labute approximate surface area is 139 Å².